The lowest BCUT2D eigenvalue weighted by molar-refractivity contribution is -0.353. The first-order valence-corrected chi connectivity index (χ1v) is 13.1. The quantitative estimate of drug-likeness (QED) is 0.121. The highest BCUT2D eigenvalue weighted by Crippen LogP contribution is 2.48. The van der Waals surface area contributed by atoms with Gasteiger partial charge in [0.1, 0.15) is 53.7 Å². The molecule has 5 rings (SSSR count). The maximum Gasteiger partial charge on any atom is 0.270 e. The summed E-state index contributed by atoms with van der Waals surface area (Å²) in [5, 5.41) is 103. The van der Waals surface area contributed by atoms with Gasteiger partial charge in [-0.05, 0) is 12.1 Å². The zero-order valence-corrected chi connectivity index (χ0v) is 22.5. The molecule has 0 amide bonds. The van der Waals surface area contributed by atoms with Crippen molar-refractivity contribution in [3.8, 4) is 34.5 Å². The van der Waals surface area contributed by atoms with E-state index in [1.807, 2.05) is 0 Å². The Morgan fingerprint density at radius 3 is 2.33 bits per heavy atom. The number of phenols is 4. The zero-order chi connectivity index (χ0) is 31.2. The molecule has 16 nitrogen and oxygen atoms in total. The van der Waals surface area contributed by atoms with Crippen molar-refractivity contribution in [2.45, 2.75) is 61.4 Å². The highest BCUT2D eigenvalue weighted by atomic mass is 16.8. The van der Waals surface area contributed by atoms with E-state index in [1.165, 1.54) is 31.4 Å². The summed E-state index contributed by atoms with van der Waals surface area (Å²) in [4.78, 5) is 0. The van der Waals surface area contributed by atoms with Crippen LogP contribution in [-0.2, 0) is 18.9 Å². The van der Waals surface area contributed by atoms with Crippen LogP contribution in [0.5, 0.6) is 34.5 Å². The topological polar surface area (TPSA) is 261 Å². The second-order valence-corrected chi connectivity index (χ2v) is 10.2. The number of aromatic hydroxyl groups is 5. The third-order valence-electron chi connectivity index (χ3n) is 7.38. The number of fused-ring (bicyclic) bond motifs is 1. The Hall–Kier alpha value is -3.58. The minimum Gasteiger partial charge on any atom is -0.571 e. The van der Waals surface area contributed by atoms with E-state index in [2.05, 4.69) is 4.74 Å². The van der Waals surface area contributed by atoms with E-state index < -0.39 is 86.1 Å². The number of hydrogen-bond acceptors (Lipinski definition) is 15. The molecule has 2 aromatic carbocycles. The van der Waals surface area contributed by atoms with Crippen LogP contribution in [0.1, 0.15) is 17.2 Å². The molecule has 236 valence electrons. The van der Waals surface area contributed by atoms with Gasteiger partial charge in [-0.25, -0.2) is 0 Å². The van der Waals surface area contributed by atoms with Crippen LogP contribution in [0.25, 0.3) is 6.08 Å². The van der Waals surface area contributed by atoms with Crippen molar-refractivity contribution in [3.05, 3.63) is 41.2 Å². The Balaban J connectivity index is 1.54. The Bertz CT molecular complexity index is 1350. The fourth-order valence-electron chi connectivity index (χ4n) is 5.04. The van der Waals surface area contributed by atoms with Crippen LogP contribution in [0, 0.1) is 0 Å². The predicted molar refractivity (Wildman–Crippen MR) is 140 cm³/mol. The molecule has 2 aromatic rings. The molecule has 3 heterocycles. The van der Waals surface area contributed by atoms with Crippen LogP contribution in [0.2, 0.25) is 0 Å². The lowest BCUT2D eigenvalue weighted by atomic mass is 9.97. The van der Waals surface area contributed by atoms with Gasteiger partial charge in [-0.3, -0.25) is 0 Å². The van der Waals surface area contributed by atoms with Crippen molar-refractivity contribution in [2.75, 3.05) is 20.3 Å². The van der Waals surface area contributed by atoms with Gasteiger partial charge < -0.3 is 79.5 Å². The van der Waals surface area contributed by atoms with Gasteiger partial charge in [0.15, 0.2) is 29.7 Å². The molecule has 3 aliphatic rings. The number of phenolic OH excluding ortho intramolecular Hbond substituents is 4. The highest BCUT2D eigenvalue weighted by Gasteiger charge is 2.51. The molecule has 0 aliphatic carbocycles. The van der Waals surface area contributed by atoms with Crippen LogP contribution < -0.4 is 4.74 Å². The first-order valence-electron chi connectivity index (χ1n) is 13.1. The van der Waals surface area contributed by atoms with E-state index in [-0.39, 0.29) is 39.9 Å². The second kappa shape index (κ2) is 12.2. The summed E-state index contributed by atoms with van der Waals surface area (Å²) in [5.74, 6) is -1.88. The van der Waals surface area contributed by atoms with Gasteiger partial charge in [-0.1, -0.05) is 0 Å². The number of benzene rings is 2. The molecule has 1 unspecified atom stereocenters. The fourth-order valence-corrected chi connectivity index (χ4v) is 5.04. The van der Waals surface area contributed by atoms with E-state index in [0.29, 0.717) is 0 Å². The van der Waals surface area contributed by atoms with Crippen molar-refractivity contribution in [3.63, 3.8) is 0 Å². The minimum absolute atomic E-state index is 0.0971. The lowest BCUT2D eigenvalue weighted by Crippen LogP contribution is -2.63. The van der Waals surface area contributed by atoms with Gasteiger partial charge >= 0.3 is 0 Å². The van der Waals surface area contributed by atoms with Gasteiger partial charge in [-0.2, -0.15) is 0 Å². The van der Waals surface area contributed by atoms with Gasteiger partial charge in [0.2, 0.25) is 12.0 Å². The summed E-state index contributed by atoms with van der Waals surface area (Å²) in [5.41, 5.74) is 0.303. The van der Waals surface area contributed by atoms with Gasteiger partial charge in [0, 0.05) is 12.1 Å². The van der Waals surface area contributed by atoms with Crippen LogP contribution in [0.15, 0.2) is 30.0 Å². The maximum absolute atomic E-state index is 10.9. The van der Waals surface area contributed by atoms with Gasteiger partial charge in [0.25, 0.3) is 11.9 Å². The standard InChI is InChI=1S/C27H32O16/c1-38-16-3-9(2-13(31)19(16)33)24-17(6-11-12(30)4-10(29)5-15(11)40-24)41-27-25(22(36)21(35)18(7-28)42-27)43-26-23(37)20(34)14(32)8-39-26/h2-6,14,18,20-37H,7-8H2,1H3/p+1/t14-,18+,20+,21+,22-,23+,24?,25+,26+,27+/m0/s1. The number of aliphatic hydroxyl groups is 7. The van der Waals surface area contributed by atoms with E-state index >= 15 is 0 Å². The molecule has 10 atom stereocenters. The molecule has 11 N–H and O–H groups in total. The fraction of sp³-hybridized carbons (Fsp3) is 0.481. The molecule has 0 radical (unpaired) electrons. The van der Waals surface area contributed by atoms with Crippen molar-refractivity contribution >= 4 is 6.08 Å². The number of rotatable bonds is 7. The van der Waals surface area contributed by atoms with Gasteiger partial charge in [-0.15, -0.1) is 0 Å². The maximum atomic E-state index is 10.9. The van der Waals surface area contributed by atoms with Crippen molar-refractivity contribution < 1.29 is 79.5 Å². The SMILES string of the molecule is COc1cc(C2[OH+]c3cc(O)cc(O)c3C=C2O[C@@H]2O[C@H](CO)[C@@H](O)[C@H](O)[C@H]2O[C@H]2OC[C@H](O)[C@@H](O)[C@H]2O)cc(O)c1O. The molecule has 2 saturated heterocycles. The van der Waals surface area contributed by atoms with Gasteiger partial charge in [0.05, 0.1) is 32.0 Å². The predicted octanol–water partition coefficient (Wildman–Crippen LogP) is -1.87. The first-order chi connectivity index (χ1) is 20.4. The number of hydrogen-bond donors (Lipinski definition) is 10. The summed E-state index contributed by atoms with van der Waals surface area (Å²) in [6.45, 7) is -1.18. The third-order valence-corrected chi connectivity index (χ3v) is 7.38. The highest BCUT2D eigenvalue weighted by molar-refractivity contribution is 5.69. The summed E-state index contributed by atoms with van der Waals surface area (Å²) < 4.78 is 32.4. The summed E-state index contributed by atoms with van der Waals surface area (Å²) >= 11 is 0. The largest absolute Gasteiger partial charge is 0.571 e. The second-order valence-electron chi connectivity index (χ2n) is 10.2. The smallest absolute Gasteiger partial charge is 0.270 e. The van der Waals surface area contributed by atoms with E-state index in [4.69, 9.17) is 23.7 Å². The van der Waals surface area contributed by atoms with E-state index in [1.54, 1.807) is 0 Å². The van der Waals surface area contributed by atoms with Crippen molar-refractivity contribution in [1.82, 2.24) is 0 Å². The normalized spacial score (nSPS) is 34.1. The Kier molecular flexibility index (Phi) is 8.75. The molecular formula is C27H33O16+. The van der Waals surface area contributed by atoms with E-state index in [9.17, 15) is 51.1 Å². The molecule has 0 spiro atoms. The summed E-state index contributed by atoms with van der Waals surface area (Å²) in [6.07, 6.45) is -14.5. The van der Waals surface area contributed by atoms with Crippen LogP contribution >= 0.6 is 0 Å². The first kappa shape index (κ1) is 30.9. The summed E-state index contributed by atoms with van der Waals surface area (Å²) in [6, 6.07) is 4.84. The number of aliphatic hydroxyl groups excluding tert-OH is 6. The molecule has 0 bridgehead atoms. The van der Waals surface area contributed by atoms with Crippen LogP contribution in [0.4, 0.5) is 0 Å². The van der Waals surface area contributed by atoms with Crippen LogP contribution in [0.3, 0.4) is 0 Å². The molecule has 43 heavy (non-hydrogen) atoms. The Morgan fingerprint density at radius 2 is 1.63 bits per heavy atom. The molecular weight excluding hydrogens is 580 g/mol. The minimum atomic E-state index is -1.80. The average Bonchev–Trinajstić information content (AvgIpc) is 2.97. The number of methoxy groups -OCH3 is 1. The zero-order valence-electron chi connectivity index (χ0n) is 22.5. The summed E-state index contributed by atoms with van der Waals surface area (Å²) in [7, 11) is 1.26. The molecule has 3 aliphatic heterocycles. The van der Waals surface area contributed by atoms with Crippen LogP contribution in [-0.4, -0.2) is 131 Å². The molecule has 2 fully saturated rings. The van der Waals surface area contributed by atoms with Crippen molar-refractivity contribution in [2.24, 2.45) is 0 Å². The monoisotopic (exact) mass is 613 g/mol. The Labute approximate surface area is 243 Å². The average molecular weight is 614 g/mol. The van der Waals surface area contributed by atoms with E-state index in [0.717, 1.165) is 6.07 Å². The molecule has 16 heteroatoms. The Morgan fingerprint density at radius 1 is 0.884 bits per heavy atom. The lowest BCUT2D eigenvalue weighted by Gasteiger charge is -2.45. The molecule has 0 saturated carbocycles. The van der Waals surface area contributed by atoms with Crippen molar-refractivity contribution in [1.29, 1.82) is 0 Å². The molecule has 0 aromatic heterocycles. The third kappa shape index (κ3) is 5.84. The number of ether oxygens (including phenoxy) is 6.